The number of carbonyl (C=O) groups excluding carboxylic acids is 1. The topological polar surface area (TPSA) is 84.3 Å². The molecule has 0 radical (unpaired) electrons. The van der Waals surface area contributed by atoms with Crippen LogP contribution in [0, 0.1) is 0 Å². The van der Waals surface area contributed by atoms with E-state index in [9.17, 15) is 4.79 Å². The first-order valence-corrected chi connectivity index (χ1v) is 10.8. The van der Waals surface area contributed by atoms with Crippen LogP contribution in [0.25, 0.3) is 11.1 Å². The van der Waals surface area contributed by atoms with Crippen LogP contribution in [0.2, 0.25) is 0 Å². The summed E-state index contributed by atoms with van der Waals surface area (Å²) in [7, 11) is 5.50. The highest BCUT2D eigenvalue weighted by Gasteiger charge is 2.30. The second kappa shape index (κ2) is 9.72. The Morgan fingerprint density at radius 2 is 1.97 bits per heavy atom. The summed E-state index contributed by atoms with van der Waals surface area (Å²) in [6.07, 6.45) is 8.88. The number of rotatable bonds is 7. The fourth-order valence-corrected chi connectivity index (χ4v) is 4.09. The normalized spacial score (nSPS) is 15.6. The van der Waals surface area contributed by atoms with Gasteiger partial charge < -0.3 is 14.5 Å². The molecule has 1 aliphatic heterocycles. The maximum Gasteiger partial charge on any atom is 0.225 e. The zero-order valence-electron chi connectivity index (χ0n) is 18.7. The van der Waals surface area contributed by atoms with Crippen molar-refractivity contribution < 1.29 is 9.53 Å². The average Bonchev–Trinajstić information content (AvgIpc) is 3.33. The van der Waals surface area contributed by atoms with Crippen LogP contribution in [-0.4, -0.2) is 65.0 Å². The van der Waals surface area contributed by atoms with Crippen molar-refractivity contribution in [3.8, 4) is 16.9 Å². The molecule has 1 amide bonds. The van der Waals surface area contributed by atoms with Crippen LogP contribution in [0.1, 0.15) is 30.0 Å². The monoisotopic (exact) mass is 432 g/mol. The number of para-hydroxylation sites is 1. The Kier molecular flexibility index (Phi) is 6.58. The van der Waals surface area contributed by atoms with Gasteiger partial charge in [0, 0.05) is 69.2 Å². The smallest absolute Gasteiger partial charge is 0.225 e. The SMILES string of the molecule is COc1ccccc1CCC(=O)N1CC[C@@H](c2nc(N(C)C)ncc2-c2cncnc2)C1. The summed E-state index contributed by atoms with van der Waals surface area (Å²) in [5, 5.41) is 0. The number of amides is 1. The summed E-state index contributed by atoms with van der Waals surface area (Å²) in [6.45, 7) is 1.37. The lowest BCUT2D eigenvalue weighted by molar-refractivity contribution is -0.130. The third-order valence-electron chi connectivity index (χ3n) is 5.81. The molecule has 0 bridgehead atoms. The van der Waals surface area contributed by atoms with E-state index in [-0.39, 0.29) is 11.8 Å². The van der Waals surface area contributed by atoms with Crippen LogP contribution < -0.4 is 9.64 Å². The maximum absolute atomic E-state index is 12.9. The Labute approximate surface area is 188 Å². The number of anilines is 1. The number of aromatic nitrogens is 4. The molecule has 3 heterocycles. The van der Waals surface area contributed by atoms with Gasteiger partial charge in [0.05, 0.1) is 12.8 Å². The predicted molar refractivity (Wildman–Crippen MR) is 123 cm³/mol. The molecule has 1 atom stereocenters. The quantitative estimate of drug-likeness (QED) is 0.567. The number of ether oxygens (including phenoxy) is 1. The van der Waals surface area contributed by atoms with E-state index in [1.54, 1.807) is 19.5 Å². The van der Waals surface area contributed by atoms with Gasteiger partial charge >= 0.3 is 0 Å². The molecule has 1 aromatic carbocycles. The van der Waals surface area contributed by atoms with Gasteiger partial charge in [0.1, 0.15) is 12.1 Å². The van der Waals surface area contributed by atoms with Crippen LogP contribution in [0.15, 0.2) is 49.2 Å². The van der Waals surface area contributed by atoms with Crippen LogP contribution in [0.5, 0.6) is 5.75 Å². The van der Waals surface area contributed by atoms with E-state index >= 15 is 0 Å². The first-order chi connectivity index (χ1) is 15.6. The van der Waals surface area contributed by atoms with Gasteiger partial charge in [-0.2, -0.15) is 0 Å². The van der Waals surface area contributed by atoms with Gasteiger partial charge in [-0.3, -0.25) is 4.79 Å². The van der Waals surface area contributed by atoms with Crippen molar-refractivity contribution in [3.63, 3.8) is 0 Å². The minimum Gasteiger partial charge on any atom is -0.496 e. The maximum atomic E-state index is 12.9. The highest BCUT2D eigenvalue weighted by Crippen LogP contribution is 2.34. The Bertz CT molecular complexity index is 1070. The van der Waals surface area contributed by atoms with Crippen LogP contribution in [0.4, 0.5) is 5.95 Å². The van der Waals surface area contributed by atoms with Gasteiger partial charge in [0.15, 0.2) is 0 Å². The van der Waals surface area contributed by atoms with Gasteiger partial charge in [-0.05, 0) is 24.5 Å². The van der Waals surface area contributed by atoms with E-state index in [1.165, 1.54) is 6.33 Å². The molecule has 0 saturated carbocycles. The minimum absolute atomic E-state index is 0.141. The summed E-state index contributed by atoms with van der Waals surface area (Å²) in [4.78, 5) is 34.4. The van der Waals surface area contributed by atoms with Gasteiger partial charge in [0.25, 0.3) is 0 Å². The number of aryl methyl sites for hydroxylation is 1. The van der Waals surface area contributed by atoms with Crippen molar-refractivity contribution in [3.05, 3.63) is 60.4 Å². The molecule has 0 spiro atoms. The third kappa shape index (κ3) is 4.69. The number of methoxy groups -OCH3 is 1. The van der Waals surface area contributed by atoms with E-state index in [1.807, 2.05) is 54.4 Å². The molecule has 4 rings (SSSR count). The lowest BCUT2D eigenvalue weighted by Gasteiger charge is -2.19. The first kappa shape index (κ1) is 21.7. The van der Waals surface area contributed by atoms with Crippen molar-refractivity contribution in [1.82, 2.24) is 24.8 Å². The second-order valence-corrected chi connectivity index (χ2v) is 8.13. The predicted octanol–water partition coefficient (Wildman–Crippen LogP) is 2.96. The van der Waals surface area contributed by atoms with Crippen molar-refractivity contribution in [1.29, 1.82) is 0 Å². The highest BCUT2D eigenvalue weighted by atomic mass is 16.5. The van der Waals surface area contributed by atoms with E-state index < -0.39 is 0 Å². The Balaban J connectivity index is 1.50. The molecule has 166 valence electrons. The Morgan fingerprint density at radius 3 is 2.72 bits per heavy atom. The fraction of sp³-hybridized carbons (Fsp3) is 0.375. The molecule has 0 aliphatic carbocycles. The van der Waals surface area contributed by atoms with Crippen molar-refractivity contribution in [2.24, 2.45) is 0 Å². The van der Waals surface area contributed by atoms with Crippen molar-refractivity contribution >= 4 is 11.9 Å². The lowest BCUT2D eigenvalue weighted by atomic mass is 9.97. The molecule has 0 N–H and O–H groups in total. The summed E-state index contributed by atoms with van der Waals surface area (Å²) < 4.78 is 5.41. The van der Waals surface area contributed by atoms with Gasteiger partial charge in [-0.1, -0.05) is 18.2 Å². The molecule has 2 aromatic heterocycles. The zero-order chi connectivity index (χ0) is 22.5. The molecular formula is C24H28N6O2. The zero-order valence-corrected chi connectivity index (χ0v) is 18.7. The summed E-state index contributed by atoms with van der Waals surface area (Å²) in [6, 6.07) is 7.85. The largest absolute Gasteiger partial charge is 0.496 e. The van der Waals surface area contributed by atoms with Gasteiger partial charge in [0.2, 0.25) is 11.9 Å². The Hall–Kier alpha value is -3.55. The highest BCUT2D eigenvalue weighted by molar-refractivity contribution is 5.77. The number of likely N-dealkylation sites (tertiary alicyclic amines) is 1. The number of nitrogens with zero attached hydrogens (tertiary/aromatic N) is 6. The standard InChI is InChI=1S/C24H28N6O2/c1-29(2)24-27-14-20(19-12-25-16-26-13-19)23(28-24)18-10-11-30(15-18)22(31)9-8-17-6-4-5-7-21(17)32-3/h4-7,12-14,16,18H,8-11,15H2,1-3H3/t18-/m1/s1. The first-order valence-electron chi connectivity index (χ1n) is 10.8. The Morgan fingerprint density at radius 1 is 1.19 bits per heavy atom. The average molecular weight is 433 g/mol. The van der Waals surface area contributed by atoms with Crippen molar-refractivity contribution in [2.45, 2.75) is 25.2 Å². The molecule has 32 heavy (non-hydrogen) atoms. The van der Waals surface area contributed by atoms with Crippen molar-refractivity contribution in [2.75, 3.05) is 39.2 Å². The second-order valence-electron chi connectivity index (χ2n) is 8.13. The molecule has 1 fully saturated rings. The number of hydrogen-bond acceptors (Lipinski definition) is 7. The number of carbonyl (C=O) groups is 1. The lowest BCUT2D eigenvalue weighted by Crippen LogP contribution is -2.29. The van der Waals surface area contributed by atoms with Gasteiger partial charge in [-0.25, -0.2) is 19.9 Å². The molecule has 1 aliphatic rings. The van der Waals surface area contributed by atoms with Crippen LogP contribution >= 0.6 is 0 Å². The van der Waals surface area contributed by atoms with Crippen LogP contribution in [0.3, 0.4) is 0 Å². The molecule has 3 aromatic rings. The molecule has 8 nitrogen and oxygen atoms in total. The van der Waals surface area contributed by atoms with E-state index in [2.05, 4.69) is 15.0 Å². The molecular weight excluding hydrogens is 404 g/mol. The minimum atomic E-state index is 0.141. The van der Waals surface area contributed by atoms with E-state index in [4.69, 9.17) is 9.72 Å². The fourth-order valence-electron chi connectivity index (χ4n) is 4.09. The van der Waals surface area contributed by atoms with E-state index in [0.717, 1.165) is 41.1 Å². The molecule has 8 heteroatoms. The van der Waals surface area contributed by atoms with Gasteiger partial charge in [-0.15, -0.1) is 0 Å². The molecule has 0 unspecified atom stereocenters. The van der Waals surface area contributed by atoms with Crippen LogP contribution in [-0.2, 0) is 11.2 Å². The summed E-state index contributed by atoms with van der Waals surface area (Å²) in [5.74, 6) is 1.78. The summed E-state index contributed by atoms with van der Waals surface area (Å²) >= 11 is 0. The summed E-state index contributed by atoms with van der Waals surface area (Å²) in [5.41, 5.74) is 3.80. The van der Waals surface area contributed by atoms with E-state index in [0.29, 0.717) is 25.3 Å². The molecule has 1 saturated heterocycles. The number of benzene rings is 1. The third-order valence-corrected chi connectivity index (χ3v) is 5.81. The number of hydrogen-bond donors (Lipinski definition) is 0.